The predicted octanol–water partition coefficient (Wildman–Crippen LogP) is 8.73. The molecule has 0 aliphatic carbocycles. The highest BCUT2D eigenvalue weighted by Crippen LogP contribution is 2.37. The Morgan fingerprint density at radius 1 is 0.614 bits per heavy atom. The van der Waals surface area contributed by atoms with Crippen molar-refractivity contribution in [3.63, 3.8) is 0 Å². The molecule has 10 rings (SSSR count). The highest BCUT2D eigenvalue weighted by atomic mass is 79.9. The van der Waals surface area contributed by atoms with Gasteiger partial charge in [0.25, 0.3) is 11.8 Å². The van der Waals surface area contributed by atoms with E-state index >= 15 is 0 Å². The molecule has 17 heteroatoms. The lowest BCUT2D eigenvalue weighted by atomic mass is 9.87. The van der Waals surface area contributed by atoms with Crippen molar-refractivity contribution in [1.82, 2.24) is 25.9 Å². The third kappa shape index (κ3) is 8.03. The van der Waals surface area contributed by atoms with E-state index in [0.29, 0.717) is 54.6 Å². The highest BCUT2D eigenvalue weighted by Gasteiger charge is 2.53. The number of para-hydroxylation sites is 2. The largest absolute Gasteiger partial charge is 0.348 e. The Morgan fingerprint density at radius 2 is 1.09 bits per heavy atom. The van der Waals surface area contributed by atoms with Crippen LogP contribution in [0.4, 0.5) is 26.1 Å². The van der Waals surface area contributed by atoms with Gasteiger partial charge < -0.3 is 20.9 Å². The number of nitrogens with one attached hydrogen (secondary N) is 3. The van der Waals surface area contributed by atoms with Crippen molar-refractivity contribution in [3.05, 3.63) is 110 Å². The van der Waals surface area contributed by atoms with Gasteiger partial charge in [0.1, 0.15) is 11.1 Å². The average Bonchev–Trinajstić information content (AvgIpc) is 3.93. The van der Waals surface area contributed by atoms with E-state index in [4.69, 9.17) is 16.6 Å². The molecule has 4 aliphatic heterocycles. The van der Waals surface area contributed by atoms with Crippen LogP contribution in [-0.4, -0.2) is 71.1 Å². The third-order valence-electron chi connectivity index (χ3n) is 10.4. The van der Waals surface area contributed by atoms with E-state index in [1.54, 1.807) is 35.6 Å². The van der Waals surface area contributed by atoms with Crippen LogP contribution in [0.5, 0.6) is 0 Å². The van der Waals surface area contributed by atoms with Crippen LogP contribution in [0.15, 0.2) is 106 Å². The van der Waals surface area contributed by atoms with E-state index in [0.717, 1.165) is 47.6 Å². The lowest BCUT2D eigenvalue weighted by Crippen LogP contribution is -2.55. The summed E-state index contributed by atoms with van der Waals surface area (Å²) in [5, 5.41) is 9.99. The van der Waals surface area contributed by atoms with Crippen LogP contribution in [0.1, 0.15) is 25.7 Å². The number of rotatable bonds is 3. The Kier molecular flexibility index (Phi) is 11.3. The standard InChI is InChI=1S/C20H17BrN4O2S.C13H15N3O2.C7H3BrClNS/c21-13-6-7-15-16(12-13)28-19(22-15)24-10-8-20(9-11-24)17(26)25(18(27)23-20)14-4-2-1-3-5-14;17-11-13(6-8-14-9-7-13)15-12(18)16(11)10-4-2-1-3-5-10;8-4-1-2-5-6(3-4)11-7(9)10-5/h1-7,12H,8-11H2,(H,23,27);1-5,14H,6-9H2,(H,15,18);1-3H. The maximum absolute atomic E-state index is 13.1. The molecule has 292 valence electrons. The zero-order valence-corrected chi connectivity index (χ0v) is 35.8. The molecule has 4 aliphatic rings. The van der Waals surface area contributed by atoms with Gasteiger partial charge in [0.2, 0.25) is 0 Å². The molecule has 3 N–H and O–H groups in total. The number of hydrogen-bond acceptors (Lipinski definition) is 10. The number of thiazole rings is 2. The molecule has 4 saturated heterocycles. The van der Waals surface area contributed by atoms with E-state index in [1.807, 2.05) is 66.7 Å². The normalized spacial score (nSPS) is 18.4. The predicted molar refractivity (Wildman–Crippen MR) is 234 cm³/mol. The molecule has 2 spiro atoms. The monoisotopic (exact) mass is 948 g/mol. The Morgan fingerprint density at radius 3 is 1.61 bits per heavy atom. The van der Waals surface area contributed by atoms with Crippen molar-refractivity contribution in [2.45, 2.75) is 36.8 Å². The summed E-state index contributed by atoms with van der Waals surface area (Å²) in [6.07, 6.45) is 2.45. The maximum atomic E-state index is 13.1. The lowest BCUT2D eigenvalue weighted by molar-refractivity contribution is -0.123. The number of halogens is 3. The van der Waals surface area contributed by atoms with Gasteiger partial charge in [0.15, 0.2) is 9.60 Å². The van der Waals surface area contributed by atoms with E-state index < -0.39 is 11.1 Å². The summed E-state index contributed by atoms with van der Waals surface area (Å²) in [5.74, 6) is -0.281. The molecule has 6 heterocycles. The summed E-state index contributed by atoms with van der Waals surface area (Å²) in [4.78, 5) is 63.8. The van der Waals surface area contributed by atoms with Crippen molar-refractivity contribution < 1.29 is 19.2 Å². The van der Waals surface area contributed by atoms with Gasteiger partial charge in [-0.05, 0) is 99.4 Å². The SMILES string of the molecule is Clc1nc2ccc(Br)cc2s1.O=C1NC2(CCN(c3nc4ccc(Br)cc4s3)CC2)C(=O)N1c1ccccc1.O=C1NC2(CCNCC2)C(=O)N1c1ccccc1. The Bertz CT molecular complexity index is 2470. The summed E-state index contributed by atoms with van der Waals surface area (Å²) >= 11 is 15.7. The van der Waals surface area contributed by atoms with E-state index in [9.17, 15) is 19.2 Å². The second-order valence-electron chi connectivity index (χ2n) is 13.9. The molecule has 12 nitrogen and oxygen atoms in total. The Balaban J connectivity index is 0.000000133. The lowest BCUT2D eigenvalue weighted by Gasteiger charge is -2.37. The number of benzene rings is 4. The van der Waals surface area contributed by atoms with Crippen LogP contribution in [0.25, 0.3) is 20.4 Å². The Labute approximate surface area is 357 Å². The first kappa shape index (κ1) is 39.4. The first-order chi connectivity index (χ1) is 27.5. The fourth-order valence-corrected chi connectivity index (χ4v) is 10.5. The molecule has 4 fully saturated rings. The summed E-state index contributed by atoms with van der Waals surface area (Å²) in [6, 6.07) is 29.5. The van der Waals surface area contributed by atoms with Crippen molar-refractivity contribution in [2.24, 2.45) is 0 Å². The molecule has 0 unspecified atom stereocenters. The zero-order valence-electron chi connectivity index (χ0n) is 30.2. The summed E-state index contributed by atoms with van der Waals surface area (Å²) < 4.78 is 4.94. The first-order valence-electron chi connectivity index (χ1n) is 18.2. The minimum Gasteiger partial charge on any atom is -0.348 e. The van der Waals surface area contributed by atoms with Gasteiger partial charge in [-0.1, -0.05) is 91.2 Å². The molecule has 4 aromatic carbocycles. The maximum Gasteiger partial charge on any atom is 0.329 e. The number of hydrogen-bond donors (Lipinski definition) is 3. The van der Waals surface area contributed by atoms with Crippen LogP contribution in [-0.2, 0) is 9.59 Å². The van der Waals surface area contributed by atoms with Gasteiger partial charge in [0, 0.05) is 22.0 Å². The van der Waals surface area contributed by atoms with Crippen molar-refractivity contribution in [2.75, 3.05) is 40.9 Å². The van der Waals surface area contributed by atoms with E-state index in [2.05, 4.69) is 63.8 Å². The molecule has 0 bridgehead atoms. The molecular formula is C40H35Br2ClN8O4S2. The molecular weight excluding hydrogens is 916 g/mol. The van der Waals surface area contributed by atoms with Gasteiger partial charge in [0.05, 0.1) is 31.8 Å². The topological polar surface area (TPSA) is 140 Å². The molecule has 0 radical (unpaired) electrons. The number of imide groups is 2. The van der Waals surface area contributed by atoms with Crippen LogP contribution in [0.3, 0.4) is 0 Å². The number of carbonyl (C=O) groups excluding carboxylic acids is 4. The van der Waals surface area contributed by atoms with Gasteiger partial charge in [-0.25, -0.2) is 29.4 Å². The fraction of sp³-hybridized carbons (Fsp3) is 0.250. The smallest absolute Gasteiger partial charge is 0.329 e. The van der Waals surface area contributed by atoms with Gasteiger partial charge in [-0.2, -0.15) is 0 Å². The fourth-order valence-electron chi connectivity index (χ4n) is 7.37. The quantitative estimate of drug-likeness (QED) is 0.150. The molecule has 6 amide bonds. The summed E-state index contributed by atoms with van der Waals surface area (Å²) in [5.41, 5.74) is 1.67. The van der Waals surface area contributed by atoms with E-state index in [1.165, 1.54) is 21.1 Å². The summed E-state index contributed by atoms with van der Waals surface area (Å²) in [7, 11) is 0. The van der Waals surface area contributed by atoms with Crippen molar-refractivity contribution >= 4 is 127 Å². The number of amides is 6. The summed E-state index contributed by atoms with van der Waals surface area (Å²) in [6.45, 7) is 2.87. The highest BCUT2D eigenvalue weighted by molar-refractivity contribution is 9.10. The number of anilines is 3. The molecule has 0 saturated carbocycles. The zero-order chi connectivity index (χ0) is 39.7. The van der Waals surface area contributed by atoms with E-state index in [-0.39, 0.29) is 23.9 Å². The minimum absolute atomic E-state index is 0.125. The number of urea groups is 2. The molecule has 2 aromatic heterocycles. The van der Waals surface area contributed by atoms with Crippen LogP contribution < -0.4 is 30.7 Å². The number of nitrogens with zero attached hydrogens (tertiary/aromatic N) is 5. The minimum atomic E-state index is -0.816. The van der Waals surface area contributed by atoms with Gasteiger partial charge in [-0.3, -0.25) is 9.59 Å². The van der Waals surface area contributed by atoms with Crippen LogP contribution in [0.2, 0.25) is 4.47 Å². The Hall–Kier alpha value is -4.45. The number of carbonyl (C=O) groups is 4. The molecule has 6 aromatic rings. The van der Waals surface area contributed by atoms with Gasteiger partial charge >= 0.3 is 12.1 Å². The average molecular weight is 951 g/mol. The number of piperidine rings is 2. The molecule has 0 atom stereocenters. The van der Waals surface area contributed by atoms with Crippen LogP contribution >= 0.6 is 66.1 Å². The second kappa shape index (κ2) is 16.4. The van der Waals surface area contributed by atoms with Crippen molar-refractivity contribution in [3.8, 4) is 0 Å². The number of fused-ring (bicyclic) bond motifs is 2. The number of aromatic nitrogens is 2. The van der Waals surface area contributed by atoms with Gasteiger partial charge in [-0.15, -0.1) is 11.3 Å². The third-order valence-corrected chi connectivity index (χ3v) is 13.5. The second-order valence-corrected chi connectivity index (χ2v) is 18.4. The first-order valence-corrected chi connectivity index (χ1v) is 21.8. The van der Waals surface area contributed by atoms with Crippen LogP contribution in [0, 0.1) is 0 Å². The van der Waals surface area contributed by atoms with Crippen molar-refractivity contribution in [1.29, 1.82) is 0 Å². The molecule has 57 heavy (non-hydrogen) atoms.